The number of esters is 1. The van der Waals surface area contributed by atoms with Gasteiger partial charge >= 0.3 is 5.97 Å². The molecule has 6 heteroatoms. The molecule has 0 aromatic carbocycles. The van der Waals surface area contributed by atoms with E-state index >= 15 is 0 Å². The maximum absolute atomic E-state index is 11.7. The van der Waals surface area contributed by atoms with Crippen LogP contribution < -0.4 is 5.32 Å². The Morgan fingerprint density at radius 2 is 2.24 bits per heavy atom. The van der Waals surface area contributed by atoms with Crippen LogP contribution in [0.5, 0.6) is 0 Å². The van der Waals surface area contributed by atoms with Gasteiger partial charge in [-0.15, -0.1) is 0 Å². The minimum atomic E-state index is -1.01. The minimum Gasteiger partial charge on any atom is -0.467 e. The van der Waals surface area contributed by atoms with Gasteiger partial charge in [0.1, 0.15) is 11.5 Å². The van der Waals surface area contributed by atoms with Gasteiger partial charge in [0, 0.05) is 18.8 Å². The Kier molecular flexibility index (Phi) is 5.01. The van der Waals surface area contributed by atoms with E-state index in [1.807, 2.05) is 12.1 Å². The van der Waals surface area contributed by atoms with E-state index in [1.54, 1.807) is 0 Å². The highest BCUT2D eigenvalue weighted by Gasteiger charge is 2.36. The lowest BCUT2D eigenvalue weighted by molar-refractivity contribution is -0.146. The van der Waals surface area contributed by atoms with Crippen molar-refractivity contribution in [2.75, 3.05) is 13.7 Å². The second-order valence-corrected chi connectivity index (χ2v) is 5.45. The zero-order valence-corrected chi connectivity index (χ0v) is 12.3. The molecule has 2 rings (SSSR count). The fraction of sp³-hybridized carbons (Fsp3) is 0.600. The Hall–Kier alpha value is -1.82. The van der Waals surface area contributed by atoms with Gasteiger partial charge in [-0.05, 0) is 24.5 Å². The van der Waals surface area contributed by atoms with Gasteiger partial charge in [0.15, 0.2) is 6.04 Å². The average Bonchev–Trinajstić information content (AvgIpc) is 3.03. The lowest BCUT2D eigenvalue weighted by Gasteiger charge is -2.13. The molecule has 1 saturated carbocycles. The topological polar surface area (TPSA) is 88.8 Å². The first kappa shape index (κ1) is 15.6. The molecule has 3 unspecified atom stereocenters. The SMILES string of the molecule is COC(=O)C(CO)NC(=O)CCc1ccc(C2CC2C)o1. The van der Waals surface area contributed by atoms with Crippen molar-refractivity contribution in [3.8, 4) is 0 Å². The van der Waals surface area contributed by atoms with Crippen LogP contribution in [0.4, 0.5) is 0 Å². The van der Waals surface area contributed by atoms with E-state index in [0.717, 1.165) is 17.9 Å². The molecule has 0 bridgehead atoms. The van der Waals surface area contributed by atoms with Gasteiger partial charge in [-0.3, -0.25) is 4.79 Å². The Labute approximate surface area is 123 Å². The van der Waals surface area contributed by atoms with Gasteiger partial charge in [0.2, 0.25) is 5.91 Å². The molecular formula is C15H21NO5. The molecule has 1 aromatic heterocycles. The summed E-state index contributed by atoms with van der Waals surface area (Å²) in [5.41, 5.74) is 0. The molecule has 0 aliphatic heterocycles. The predicted octanol–water partition coefficient (Wildman–Crippen LogP) is 0.986. The molecule has 3 atom stereocenters. The van der Waals surface area contributed by atoms with Gasteiger partial charge in [-0.25, -0.2) is 4.79 Å². The van der Waals surface area contributed by atoms with Gasteiger partial charge in [0.25, 0.3) is 0 Å². The number of rotatable bonds is 7. The number of carbonyl (C=O) groups is 2. The van der Waals surface area contributed by atoms with Crippen LogP contribution in [0.3, 0.4) is 0 Å². The highest BCUT2D eigenvalue weighted by atomic mass is 16.5. The third-order valence-corrected chi connectivity index (χ3v) is 3.76. The summed E-state index contributed by atoms with van der Waals surface area (Å²) in [5.74, 6) is 1.97. The van der Waals surface area contributed by atoms with E-state index in [2.05, 4.69) is 17.0 Å². The van der Waals surface area contributed by atoms with E-state index in [-0.39, 0.29) is 12.3 Å². The molecule has 1 aliphatic rings. The van der Waals surface area contributed by atoms with Crippen molar-refractivity contribution in [3.63, 3.8) is 0 Å². The summed E-state index contributed by atoms with van der Waals surface area (Å²) in [5, 5.41) is 11.5. The molecular weight excluding hydrogens is 274 g/mol. The maximum Gasteiger partial charge on any atom is 0.330 e. The third-order valence-electron chi connectivity index (χ3n) is 3.76. The smallest absolute Gasteiger partial charge is 0.330 e. The molecule has 0 saturated heterocycles. The average molecular weight is 295 g/mol. The summed E-state index contributed by atoms with van der Waals surface area (Å²) in [7, 11) is 1.21. The number of hydrogen-bond donors (Lipinski definition) is 2. The predicted molar refractivity (Wildman–Crippen MR) is 74.6 cm³/mol. The Morgan fingerprint density at radius 3 is 2.81 bits per heavy atom. The lowest BCUT2D eigenvalue weighted by Crippen LogP contribution is -2.44. The molecule has 1 heterocycles. The van der Waals surface area contributed by atoms with Crippen LogP contribution in [0, 0.1) is 5.92 Å². The number of hydrogen-bond acceptors (Lipinski definition) is 5. The number of aliphatic hydroxyl groups is 1. The van der Waals surface area contributed by atoms with Crippen LogP contribution in [0.15, 0.2) is 16.5 Å². The molecule has 1 aromatic rings. The van der Waals surface area contributed by atoms with Gasteiger partial charge < -0.3 is 19.6 Å². The summed E-state index contributed by atoms with van der Waals surface area (Å²) in [4.78, 5) is 23.0. The molecule has 6 nitrogen and oxygen atoms in total. The van der Waals surface area contributed by atoms with Crippen LogP contribution >= 0.6 is 0 Å². The number of aryl methyl sites for hydroxylation is 1. The van der Waals surface area contributed by atoms with Crippen molar-refractivity contribution in [1.82, 2.24) is 5.32 Å². The summed E-state index contributed by atoms with van der Waals surface area (Å²) in [6.07, 6.45) is 1.82. The fourth-order valence-corrected chi connectivity index (χ4v) is 2.27. The molecule has 1 fully saturated rings. The highest BCUT2D eigenvalue weighted by molar-refractivity contribution is 5.84. The van der Waals surface area contributed by atoms with Crippen LogP contribution in [-0.4, -0.2) is 36.7 Å². The summed E-state index contributed by atoms with van der Waals surface area (Å²) < 4.78 is 10.2. The first-order chi connectivity index (χ1) is 10.0. The molecule has 1 amide bonds. The number of aliphatic hydroxyl groups excluding tert-OH is 1. The molecule has 116 valence electrons. The second-order valence-electron chi connectivity index (χ2n) is 5.45. The maximum atomic E-state index is 11.7. The second kappa shape index (κ2) is 6.76. The molecule has 0 spiro atoms. The Bertz CT molecular complexity index is 510. The van der Waals surface area contributed by atoms with E-state index in [1.165, 1.54) is 7.11 Å². The van der Waals surface area contributed by atoms with Crippen molar-refractivity contribution in [2.24, 2.45) is 5.92 Å². The normalized spacial score (nSPS) is 21.7. The van der Waals surface area contributed by atoms with Crippen LogP contribution in [-0.2, 0) is 20.7 Å². The van der Waals surface area contributed by atoms with E-state index in [0.29, 0.717) is 18.3 Å². The third kappa shape index (κ3) is 4.07. The number of nitrogens with one attached hydrogen (secondary N) is 1. The van der Waals surface area contributed by atoms with Crippen molar-refractivity contribution in [3.05, 3.63) is 23.7 Å². The van der Waals surface area contributed by atoms with Crippen molar-refractivity contribution < 1.29 is 23.8 Å². The quantitative estimate of drug-likeness (QED) is 0.732. The standard InChI is InChI=1S/C15H21NO5/c1-9-7-11(9)13-5-3-10(21-13)4-6-14(18)16-12(8-17)15(19)20-2/h3,5,9,11-12,17H,4,6-8H2,1-2H3,(H,16,18). The van der Waals surface area contributed by atoms with Crippen LogP contribution in [0.1, 0.15) is 37.2 Å². The molecule has 1 aliphatic carbocycles. The van der Waals surface area contributed by atoms with E-state index in [9.17, 15) is 9.59 Å². The summed E-state index contributed by atoms with van der Waals surface area (Å²) in [6.45, 7) is 1.70. The van der Waals surface area contributed by atoms with Crippen LogP contribution in [0.25, 0.3) is 0 Å². The van der Waals surface area contributed by atoms with Crippen molar-refractivity contribution >= 4 is 11.9 Å². The number of methoxy groups -OCH3 is 1. The van der Waals surface area contributed by atoms with E-state index in [4.69, 9.17) is 9.52 Å². The number of carbonyl (C=O) groups excluding carboxylic acids is 2. The fourth-order valence-electron chi connectivity index (χ4n) is 2.27. The van der Waals surface area contributed by atoms with Crippen molar-refractivity contribution in [2.45, 2.75) is 38.1 Å². The zero-order valence-electron chi connectivity index (χ0n) is 12.3. The lowest BCUT2D eigenvalue weighted by atomic mass is 10.2. The Balaban J connectivity index is 1.78. The van der Waals surface area contributed by atoms with Crippen molar-refractivity contribution in [1.29, 1.82) is 0 Å². The number of ether oxygens (including phenoxy) is 1. The minimum absolute atomic E-state index is 0.195. The van der Waals surface area contributed by atoms with Gasteiger partial charge in [0.05, 0.1) is 13.7 Å². The van der Waals surface area contributed by atoms with Gasteiger partial charge in [-0.2, -0.15) is 0 Å². The van der Waals surface area contributed by atoms with Gasteiger partial charge in [-0.1, -0.05) is 6.92 Å². The largest absolute Gasteiger partial charge is 0.467 e. The monoisotopic (exact) mass is 295 g/mol. The van der Waals surface area contributed by atoms with Crippen LogP contribution in [0.2, 0.25) is 0 Å². The molecule has 21 heavy (non-hydrogen) atoms. The highest BCUT2D eigenvalue weighted by Crippen LogP contribution is 2.47. The molecule has 2 N–H and O–H groups in total. The first-order valence-corrected chi connectivity index (χ1v) is 7.11. The summed E-state index contributed by atoms with van der Waals surface area (Å²) in [6, 6.07) is 2.84. The number of furan rings is 1. The first-order valence-electron chi connectivity index (χ1n) is 7.11. The molecule has 0 radical (unpaired) electrons. The Morgan fingerprint density at radius 1 is 1.52 bits per heavy atom. The number of amides is 1. The summed E-state index contributed by atoms with van der Waals surface area (Å²) >= 11 is 0. The van der Waals surface area contributed by atoms with E-state index < -0.39 is 18.6 Å². The zero-order chi connectivity index (χ0) is 15.4.